The fourth-order valence-corrected chi connectivity index (χ4v) is 2.42. The topological polar surface area (TPSA) is 9.23 Å². The molecule has 96 valence electrons. The van der Waals surface area contributed by atoms with Crippen molar-refractivity contribution in [1.82, 2.24) is 0 Å². The van der Waals surface area contributed by atoms with Crippen LogP contribution in [0.25, 0.3) is 0 Å². The Hall–Kier alpha value is -0.500. The van der Waals surface area contributed by atoms with E-state index in [1.54, 1.807) is 7.11 Å². The van der Waals surface area contributed by atoms with Crippen molar-refractivity contribution in [3.05, 3.63) is 29.8 Å². The summed E-state index contributed by atoms with van der Waals surface area (Å²) in [6.07, 6.45) is 9.16. The van der Waals surface area contributed by atoms with Crippen molar-refractivity contribution in [2.24, 2.45) is 0 Å². The van der Waals surface area contributed by atoms with E-state index >= 15 is 0 Å². The van der Waals surface area contributed by atoms with Crippen molar-refractivity contribution in [3.63, 3.8) is 0 Å². The Morgan fingerprint density at radius 3 is 2.29 bits per heavy atom. The largest absolute Gasteiger partial charge is 0.496 e. The number of benzene rings is 1. The van der Waals surface area contributed by atoms with Gasteiger partial charge in [0.2, 0.25) is 0 Å². The first-order valence-corrected chi connectivity index (χ1v) is 7.68. The van der Waals surface area contributed by atoms with E-state index in [2.05, 4.69) is 28.1 Å². The molecule has 17 heavy (non-hydrogen) atoms. The van der Waals surface area contributed by atoms with Gasteiger partial charge in [-0.1, -0.05) is 59.8 Å². The number of rotatable bonds is 9. The average Bonchev–Trinajstić information content (AvgIpc) is 2.38. The van der Waals surface area contributed by atoms with Crippen LogP contribution < -0.4 is 4.74 Å². The Morgan fingerprint density at radius 2 is 1.59 bits per heavy atom. The first-order valence-electron chi connectivity index (χ1n) is 6.56. The molecular weight excluding hydrogens is 276 g/mol. The first kappa shape index (κ1) is 14.6. The summed E-state index contributed by atoms with van der Waals surface area (Å²) in [5.41, 5.74) is 1.34. The minimum atomic E-state index is 1.03. The molecule has 0 amide bonds. The molecule has 1 aromatic carbocycles. The van der Waals surface area contributed by atoms with Crippen LogP contribution >= 0.6 is 15.9 Å². The maximum atomic E-state index is 5.35. The van der Waals surface area contributed by atoms with Gasteiger partial charge in [0.25, 0.3) is 0 Å². The second kappa shape index (κ2) is 9.52. The number of halogens is 1. The van der Waals surface area contributed by atoms with Gasteiger partial charge in [0.1, 0.15) is 5.75 Å². The molecule has 2 heteroatoms. The summed E-state index contributed by atoms with van der Waals surface area (Å²) in [5, 5.41) is 1.15. The summed E-state index contributed by atoms with van der Waals surface area (Å²) in [7, 11) is 1.75. The van der Waals surface area contributed by atoms with E-state index in [1.807, 2.05) is 12.1 Å². The summed E-state index contributed by atoms with van der Waals surface area (Å²) >= 11 is 3.46. The van der Waals surface area contributed by atoms with E-state index in [9.17, 15) is 0 Å². The number of aryl methyl sites for hydroxylation is 1. The highest BCUT2D eigenvalue weighted by molar-refractivity contribution is 9.09. The predicted molar refractivity (Wildman–Crippen MR) is 78.2 cm³/mol. The zero-order valence-corrected chi connectivity index (χ0v) is 12.3. The number of para-hydroxylation sites is 1. The molecule has 1 aromatic rings. The zero-order chi connectivity index (χ0) is 12.3. The van der Waals surface area contributed by atoms with Crippen molar-refractivity contribution in [2.45, 2.75) is 44.9 Å². The summed E-state index contributed by atoms with van der Waals surface area (Å²) in [5.74, 6) is 1.03. The fraction of sp³-hybridized carbons (Fsp3) is 0.600. The molecule has 0 bridgehead atoms. The molecule has 0 aliphatic carbocycles. The lowest BCUT2D eigenvalue weighted by Crippen LogP contribution is -1.92. The molecule has 1 nitrogen and oxygen atoms in total. The van der Waals surface area contributed by atoms with E-state index in [-0.39, 0.29) is 0 Å². The highest BCUT2D eigenvalue weighted by Gasteiger charge is 2.00. The van der Waals surface area contributed by atoms with Crippen molar-refractivity contribution < 1.29 is 4.74 Å². The molecule has 0 heterocycles. The Labute approximate surface area is 114 Å². The predicted octanol–water partition coefficient (Wildman–Crippen LogP) is 4.97. The van der Waals surface area contributed by atoms with Gasteiger partial charge in [-0.2, -0.15) is 0 Å². The van der Waals surface area contributed by atoms with Gasteiger partial charge in [0.15, 0.2) is 0 Å². The third-order valence-corrected chi connectivity index (χ3v) is 3.58. The Bertz CT molecular complexity index is 299. The van der Waals surface area contributed by atoms with Gasteiger partial charge in [-0.25, -0.2) is 0 Å². The van der Waals surface area contributed by atoms with Crippen LogP contribution in [-0.2, 0) is 6.42 Å². The fourth-order valence-electron chi connectivity index (χ4n) is 2.03. The van der Waals surface area contributed by atoms with Crippen LogP contribution in [-0.4, -0.2) is 12.4 Å². The third kappa shape index (κ3) is 6.11. The van der Waals surface area contributed by atoms with Crippen LogP contribution in [0.4, 0.5) is 0 Å². The molecule has 0 atom stereocenters. The number of unbranched alkanes of at least 4 members (excludes halogenated alkanes) is 5. The highest BCUT2D eigenvalue weighted by atomic mass is 79.9. The number of ether oxygens (including phenoxy) is 1. The van der Waals surface area contributed by atoms with Gasteiger partial charge < -0.3 is 4.74 Å². The minimum absolute atomic E-state index is 1.03. The zero-order valence-electron chi connectivity index (χ0n) is 10.8. The maximum absolute atomic E-state index is 5.35. The Morgan fingerprint density at radius 1 is 0.941 bits per heavy atom. The number of alkyl halides is 1. The molecule has 0 N–H and O–H groups in total. The van der Waals surface area contributed by atoms with Gasteiger partial charge in [0.05, 0.1) is 7.11 Å². The van der Waals surface area contributed by atoms with Crippen LogP contribution in [0.15, 0.2) is 24.3 Å². The molecule has 1 rings (SSSR count). The molecule has 0 unspecified atom stereocenters. The summed E-state index contributed by atoms with van der Waals surface area (Å²) < 4.78 is 5.35. The van der Waals surface area contributed by atoms with E-state index in [4.69, 9.17) is 4.74 Å². The summed E-state index contributed by atoms with van der Waals surface area (Å²) in [6, 6.07) is 8.34. The highest BCUT2D eigenvalue weighted by Crippen LogP contribution is 2.20. The normalized spacial score (nSPS) is 10.5. The lowest BCUT2D eigenvalue weighted by atomic mass is 10.0. The van der Waals surface area contributed by atoms with Crippen LogP contribution in [0.2, 0.25) is 0 Å². The molecule has 0 fully saturated rings. The van der Waals surface area contributed by atoms with Crippen LogP contribution in [0.5, 0.6) is 5.75 Å². The monoisotopic (exact) mass is 298 g/mol. The first-order chi connectivity index (χ1) is 8.38. The SMILES string of the molecule is COc1ccccc1CCCCCCCCBr. The molecule has 0 saturated carbocycles. The Kier molecular flexibility index (Phi) is 8.16. The summed E-state index contributed by atoms with van der Waals surface area (Å²) in [6.45, 7) is 0. The molecule has 0 saturated heterocycles. The van der Waals surface area contributed by atoms with Crippen molar-refractivity contribution >= 4 is 15.9 Å². The quantitative estimate of drug-likeness (QED) is 0.462. The van der Waals surface area contributed by atoms with E-state index < -0.39 is 0 Å². The molecule has 0 spiro atoms. The molecule has 0 radical (unpaired) electrons. The van der Waals surface area contributed by atoms with Crippen LogP contribution in [0.3, 0.4) is 0 Å². The lowest BCUT2D eigenvalue weighted by Gasteiger charge is -2.07. The van der Waals surface area contributed by atoms with E-state index in [1.165, 1.54) is 44.1 Å². The van der Waals surface area contributed by atoms with Crippen LogP contribution in [0, 0.1) is 0 Å². The second-order valence-electron chi connectivity index (χ2n) is 4.37. The smallest absolute Gasteiger partial charge is 0.122 e. The van der Waals surface area contributed by atoms with Gasteiger partial charge in [-0.05, 0) is 30.9 Å². The van der Waals surface area contributed by atoms with Gasteiger partial charge in [0, 0.05) is 5.33 Å². The van der Waals surface area contributed by atoms with E-state index in [0.29, 0.717) is 0 Å². The molecular formula is C15H23BrO. The molecule has 0 aliphatic heterocycles. The molecule has 0 aliphatic rings. The Balaban J connectivity index is 2.13. The second-order valence-corrected chi connectivity index (χ2v) is 5.17. The van der Waals surface area contributed by atoms with Crippen molar-refractivity contribution in [3.8, 4) is 5.75 Å². The number of hydrogen-bond acceptors (Lipinski definition) is 1. The van der Waals surface area contributed by atoms with Crippen LogP contribution in [0.1, 0.15) is 44.1 Å². The maximum Gasteiger partial charge on any atom is 0.122 e. The third-order valence-electron chi connectivity index (χ3n) is 3.02. The molecule has 0 aromatic heterocycles. The standard InChI is InChI=1S/C15H23BrO/c1-17-15-12-8-7-11-14(15)10-6-4-2-3-5-9-13-16/h7-8,11-12H,2-6,9-10,13H2,1H3. The number of methoxy groups -OCH3 is 1. The van der Waals surface area contributed by atoms with Crippen molar-refractivity contribution in [2.75, 3.05) is 12.4 Å². The van der Waals surface area contributed by atoms with Gasteiger partial charge >= 0.3 is 0 Å². The van der Waals surface area contributed by atoms with Gasteiger partial charge in [-0.3, -0.25) is 0 Å². The van der Waals surface area contributed by atoms with Crippen molar-refractivity contribution in [1.29, 1.82) is 0 Å². The minimum Gasteiger partial charge on any atom is -0.496 e. The van der Waals surface area contributed by atoms with E-state index in [0.717, 1.165) is 17.5 Å². The number of hydrogen-bond donors (Lipinski definition) is 0. The summed E-state index contributed by atoms with van der Waals surface area (Å²) in [4.78, 5) is 0. The lowest BCUT2D eigenvalue weighted by molar-refractivity contribution is 0.408. The average molecular weight is 299 g/mol. The van der Waals surface area contributed by atoms with Gasteiger partial charge in [-0.15, -0.1) is 0 Å².